The van der Waals surface area contributed by atoms with E-state index >= 15 is 0 Å². The quantitative estimate of drug-likeness (QED) is 0.578. The maximum absolute atomic E-state index is 6.26. The summed E-state index contributed by atoms with van der Waals surface area (Å²) in [5.41, 5.74) is 2.22. The lowest BCUT2D eigenvalue weighted by Crippen LogP contribution is -2.47. The van der Waals surface area contributed by atoms with Gasteiger partial charge in [0.2, 0.25) is 6.79 Å². The van der Waals surface area contributed by atoms with Gasteiger partial charge in [-0.3, -0.25) is 4.99 Å². The third kappa shape index (κ3) is 4.43. The Morgan fingerprint density at radius 3 is 2.66 bits per heavy atom. The van der Waals surface area contributed by atoms with Gasteiger partial charge in [-0.1, -0.05) is 35.9 Å². The van der Waals surface area contributed by atoms with Gasteiger partial charge in [0.1, 0.15) is 0 Å². The largest absolute Gasteiger partial charge is 0.454 e. The first-order valence-electron chi connectivity index (χ1n) is 9.86. The molecule has 0 saturated carbocycles. The van der Waals surface area contributed by atoms with Crippen molar-refractivity contribution >= 4 is 17.6 Å². The zero-order valence-corrected chi connectivity index (χ0v) is 17.3. The van der Waals surface area contributed by atoms with Crippen LogP contribution in [0, 0.1) is 0 Å². The normalized spacial score (nSPS) is 17.8. The molecule has 0 spiro atoms. The van der Waals surface area contributed by atoms with Crippen molar-refractivity contribution < 1.29 is 14.2 Å². The van der Waals surface area contributed by atoms with Gasteiger partial charge in [-0.15, -0.1) is 0 Å². The molecule has 1 fully saturated rings. The summed E-state index contributed by atoms with van der Waals surface area (Å²) in [6.45, 7) is 3.12. The molecule has 0 atom stereocenters. The maximum atomic E-state index is 6.26. The van der Waals surface area contributed by atoms with Crippen molar-refractivity contribution in [2.75, 3.05) is 33.6 Å². The average Bonchev–Trinajstić information content (AvgIpc) is 3.23. The number of aliphatic imine (C=N–C) groups is 1. The van der Waals surface area contributed by atoms with Crippen molar-refractivity contribution in [2.24, 2.45) is 4.99 Å². The molecule has 7 heteroatoms. The number of fused-ring (bicyclic) bond motifs is 1. The molecule has 29 heavy (non-hydrogen) atoms. The van der Waals surface area contributed by atoms with Crippen LogP contribution in [0.25, 0.3) is 0 Å². The van der Waals surface area contributed by atoms with E-state index in [0.29, 0.717) is 6.54 Å². The molecule has 0 amide bonds. The van der Waals surface area contributed by atoms with Crippen molar-refractivity contribution in [2.45, 2.75) is 24.8 Å². The summed E-state index contributed by atoms with van der Waals surface area (Å²) in [5, 5.41) is 7.61. The highest BCUT2D eigenvalue weighted by molar-refractivity contribution is 6.31. The summed E-state index contributed by atoms with van der Waals surface area (Å²) in [4.78, 5) is 4.38. The molecule has 2 heterocycles. The number of hydrogen-bond donors (Lipinski definition) is 2. The summed E-state index contributed by atoms with van der Waals surface area (Å²) in [5.74, 6) is 2.37. The lowest BCUT2D eigenvalue weighted by atomic mass is 9.74. The second kappa shape index (κ2) is 8.93. The lowest BCUT2D eigenvalue weighted by Gasteiger charge is -2.38. The molecule has 0 aromatic heterocycles. The second-order valence-corrected chi connectivity index (χ2v) is 7.74. The van der Waals surface area contributed by atoms with Gasteiger partial charge in [0.05, 0.1) is 0 Å². The van der Waals surface area contributed by atoms with Crippen molar-refractivity contribution in [3.05, 3.63) is 58.6 Å². The highest BCUT2D eigenvalue weighted by Crippen LogP contribution is 2.40. The number of halogens is 1. The number of nitrogens with one attached hydrogen (secondary N) is 2. The summed E-state index contributed by atoms with van der Waals surface area (Å²) in [6, 6.07) is 14.1. The molecule has 2 aromatic carbocycles. The molecule has 6 nitrogen and oxygen atoms in total. The van der Waals surface area contributed by atoms with E-state index in [-0.39, 0.29) is 12.2 Å². The average molecular weight is 416 g/mol. The van der Waals surface area contributed by atoms with Crippen LogP contribution in [-0.4, -0.2) is 39.6 Å². The molecule has 0 unspecified atom stereocenters. The zero-order valence-electron chi connectivity index (χ0n) is 16.5. The molecule has 2 aliphatic heterocycles. The third-order valence-corrected chi connectivity index (χ3v) is 6.03. The number of hydrogen-bond acceptors (Lipinski definition) is 4. The predicted molar refractivity (Wildman–Crippen MR) is 114 cm³/mol. The summed E-state index contributed by atoms with van der Waals surface area (Å²) in [7, 11) is 1.78. The van der Waals surface area contributed by atoms with Crippen LogP contribution >= 0.6 is 11.6 Å². The van der Waals surface area contributed by atoms with Gasteiger partial charge in [-0.25, -0.2) is 0 Å². The molecule has 0 aliphatic carbocycles. The van der Waals surface area contributed by atoms with E-state index in [1.165, 1.54) is 5.56 Å². The molecule has 2 aliphatic rings. The number of benzene rings is 2. The van der Waals surface area contributed by atoms with E-state index in [1.807, 2.05) is 30.3 Å². The lowest BCUT2D eigenvalue weighted by molar-refractivity contribution is 0.0513. The highest BCUT2D eigenvalue weighted by atomic mass is 35.5. The molecular formula is C22H26ClN3O3. The minimum absolute atomic E-state index is 0.0543. The Kier molecular flexibility index (Phi) is 6.11. The van der Waals surface area contributed by atoms with Crippen LogP contribution < -0.4 is 20.1 Å². The summed E-state index contributed by atoms with van der Waals surface area (Å²) < 4.78 is 16.7. The topological polar surface area (TPSA) is 64.1 Å². The first-order valence-corrected chi connectivity index (χ1v) is 10.2. The van der Waals surface area contributed by atoms with E-state index in [9.17, 15) is 0 Å². The fourth-order valence-corrected chi connectivity index (χ4v) is 4.05. The van der Waals surface area contributed by atoms with Crippen LogP contribution in [-0.2, 0) is 16.7 Å². The standard InChI is InChI=1S/C22H26ClN3O3/c1-24-21(25-13-16-4-2-3-5-18(16)23)26-14-22(8-10-27-11-9-22)17-6-7-19-20(12-17)29-15-28-19/h2-7,12H,8-11,13-15H2,1H3,(H2,24,25,26). The van der Waals surface area contributed by atoms with Crippen LogP contribution in [0.15, 0.2) is 47.5 Å². The fourth-order valence-electron chi connectivity index (χ4n) is 3.85. The molecule has 2 N–H and O–H groups in total. The Labute approximate surface area is 176 Å². The Bertz CT molecular complexity index is 881. The van der Waals surface area contributed by atoms with E-state index < -0.39 is 0 Å². The van der Waals surface area contributed by atoms with Gasteiger partial charge >= 0.3 is 0 Å². The highest BCUT2D eigenvalue weighted by Gasteiger charge is 2.35. The molecular weight excluding hydrogens is 390 g/mol. The third-order valence-electron chi connectivity index (χ3n) is 5.66. The van der Waals surface area contributed by atoms with Gasteiger partial charge in [-0.2, -0.15) is 0 Å². The first kappa shape index (κ1) is 19.9. The molecule has 1 saturated heterocycles. The van der Waals surface area contributed by atoms with Crippen molar-refractivity contribution in [3.63, 3.8) is 0 Å². The number of guanidine groups is 1. The maximum Gasteiger partial charge on any atom is 0.231 e. The first-order chi connectivity index (χ1) is 14.2. The summed E-state index contributed by atoms with van der Waals surface area (Å²) >= 11 is 6.26. The Morgan fingerprint density at radius 2 is 1.86 bits per heavy atom. The molecule has 0 bridgehead atoms. The summed E-state index contributed by atoms with van der Waals surface area (Å²) in [6.07, 6.45) is 1.86. The zero-order chi connectivity index (χ0) is 20.1. The van der Waals surface area contributed by atoms with Crippen LogP contribution in [0.3, 0.4) is 0 Å². The van der Waals surface area contributed by atoms with E-state index in [2.05, 4.69) is 27.8 Å². The molecule has 2 aromatic rings. The van der Waals surface area contributed by atoms with Gasteiger partial charge in [-0.05, 0) is 42.2 Å². The second-order valence-electron chi connectivity index (χ2n) is 7.33. The van der Waals surface area contributed by atoms with E-state index in [4.69, 9.17) is 25.8 Å². The van der Waals surface area contributed by atoms with Crippen molar-refractivity contribution in [3.8, 4) is 11.5 Å². The predicted octanol–water partition coefficient (Wildman–Crippen LogP) is 3.48. The Morgan fingerprint density at radius 1 is 1.07 bits per heavy atom. The minimum atomic E-state index is -0.0543. The van der Waals surface area contributed by atoms with Crippen LogP contribution in [0.4, 0.5) is 0 Å². The monoisotopic (exact) mass is 415 g/mol. The van der Waals surface area contributed by atoms with Crippen LogP contribution in [0.2, 0.25) is 5.02 Å². The van der Waals surface area contributed by atoms with Gasteiger partial charge in [0, 0.05) is 43.8 Å². The van der Waals surface area contributed by atoms with Crippen LogP contribution in [0.1, 0.15) is 24.0 Å². The Balaban J connectivity index is 1.46. The van der Waals surface area contributed by atoms with Crippen LogP contribution in [0.5, 0.6) is 11.5 Å². The molecule has 154 valence electrons. The van der Waals surface area contributed by atoms with Gasteiger partial charge in [0.25, 0.3) is 0 Å². The van der Waals surface area contributed by atoms with Crippen molar-refractivity contribution in [1.29, 1.82) is 0 Å². The van der Waals surface area contributed by atoms with E-state index in [1.54, 1.807) is 7.05 Å². The SMILES string of the molecule is CN=C(NCc1ccccc1Cl)NCC1(c2ccc3c(c2)OCO3)CCOCC1. The minimum Gasteiger partial charge on any atom is -0.454 e. The van der Waals surface area contributed by atoms with E-state index in [0.717, 1.165) is 60.6 Å². The molecule has 4 rings (SSSR count). The fraction of sp³-hybridized carbons (Fsp3) is 0.409. The van der Waals surface area contributed by atoms with Crippen molar-refractivity contribution in [1.82, 2.24) is 10.6 Å². The Hall–Kier alpha value is -2.44. The number of ether oxygens (including phenoxy) is 3. The smallest absolute Gasteiger partial charge is 0.231 e. The number of rotatable bonds is 5. The number of nitrogens with zero attached hydrogens (tertiary/aromatic N) is 1. The molecule has 0 radical (unpaired) electrons. The van der Waals surface area contributed by atoms with Gasteiger partial charge < -0.3 is 24.8 Å². The van der Waals surface area contributed by atoms with Gasteiger partial charge in [0.15, 0.2) is 17.5 Å².